The van der Waals surface area contributed by atoms with Gasteiger partial charge in [0.1, 0.15) is 0 Å². The van der Waals surface area contributed by atoms with E-state index in [1.165, 1.54) is 30.7 Å². The zero-order valence-corrected chi connectivity index (χ0v) is 17.2. The molecular formula is C24H29F3N2O. The molecule has 1 aliphatic heterocycles. The third-order valence-corrected chi connectivity index (χ3v) is 6.78. The second-order valence-electron chi connectivity index (χ2n) is 8.82. The molecule has 1 atom stereocenters. The molecule has 1 aliphatic carbocycles. The molecule has 0 radical (unpaired) electrons. The first kappa shape index (κ1) is 21.3. The van der Waals surface area contributed by atoms with Crippen molar-refractivity contribution in [1.82, 2.24) is 10.3 Å². The van der Waals surface area contributed by atoms with E-state index in [-0.39, 0.29) is 11.0 Å². The van der Waals surface area contributed by atoms with Crippen molar-refractivity contribution in [3.8, 4) is 0 Å². The van der Waals surface area contributed by atoms with Crippen molar-refractivity contribution in [1.29, 1.82) is 0 Å². The fourth-order valence-corrected chi connectivity index (χ4v) is 5.25. The molecule has 30 heavy (non-hydrogen) atoms. The van der Waals surface area contributed by atoms with Gasteiger partial charge in [-0.3, -0.25) is 4.98 Å². The molecule has 6 heteroatoms. The van der Waals surface area contributed by atoms with Crippen molar-refractivity contribution < 1.29 is 17.9 Å². The van der Waals surface area contributed by atoms with Crippen LogP contribution in [0.25, 0.3) is 0 Å². The van der Waals surface area contributed by atoms with Gasteiger partial charge in [-0.15, -0.1) is 0 Å². The molecule has 1 aromatic heterocycles. The number of ether oxygens (including phenoxy) is 1. The monoisotopic (exact) mass is 418 g/mol. The van der Waals surface area contributed by atoms with Gasteiger partial charge in [-0.05, 0) is 55.8 Å². The van der Waals surface area contributed by atoms with Gasteiger partial charge in [0.25, 0.3) is 0 Å². The summed E-state index contributed by atoms with van der Waals surface area (Å²) in [6.45, 7) is 1.89. The predicted octanol–water partition coefficient (Wildman–Crippen LogP) is 5.64. The zero-order valence-electron chi connectivity index (χ0n) is 17.2. The Morgan fingerprint density at radius 1 is 1.03 bits per heavy atom. The molecule has 4 rings (SSSR count). The van der Waals surface area contributed by atoms with E-state index in [9.17, 15) is 13.2 Å². The van der Waals surface area contributed by atoms with Gasteiger partial charge >= 0.3 is 6.18 Å². The van der Waals surface area contributed by atoms with Crippen molar-refractivity contribution in [2.24, 2.45) is 0 Å². The van der Waals surface area contributed by atoms with Crippen LogP contribution < -0.4 is 5.32 Å². The molecule has 2 aliphatic rings. The number of benzene rings is 1. The van der Waals surface area contributed by atoms with Gasteiger partial charge in [0.05, 0.1) is 11.2 Å². The van der Waals surface area contributed by atoms with Crippen LogP contribution in [0.4, 0.5) is 13.2 Å². The average molecular weight is 419 g/mol. The smallest absolute Gasteiger partial charge is 0.375 e. The summed E-state index contributed by atoms with van der Waals surface area (Å²) in [6, 6.07) is 11.8. The highest BCUT2D eigenvalue weighted by molar-refractivity contribution is 5.28. The molecule has 2 fully saturated rings. The fourth-order valence-electron chi connectivity index (χ4n) is 5.25. The van der Waals surface area contributed by atoms with E-state index in [1.807, 2.05) is 6.07 Å². The fraction of sp³-hybridized carbons (Fsp3) is 0.542. The molecule has 1 saturated carbocycles. The lowest BCUT2D eigenvalue weighted by Gasteiger charge is -2.47. The third-order valence-electron chi connectivity index (χ3n) is 6.78. The standard InChI is InChI=1S/C24H29F3N2O/c25-24(26,27)21-14-19(16-29-17-21)15-28-12-10-22(20-6-2-1-3-7-20)11-13-30-23(18-22)8-4-5-9-23/h1-3,6-7,14,16-17,28H,4-5,8-13,15,18H2/t22-/m0/s1. The second kappa shape index (κ2) is 8.67. The van der Waals surface area contributed by atoms with Crippen molar-refractivity contribution in [3.63, 3.8) is 0 Å². The zero-order chi connectivity index (χ0) is 21.1. The van der Waals surface area contributed by atoms with Crippen LogP contribution in [-0.4, -0.2) is 23.7 Å². The number of rotatable bonds is 6. The van der Waals surface area contributed by atoms with Crippen LogP contribution in [0.5, 0.6) is 0 Å². The second-order valence-corrected chi connectivity index (χ2v) is 8.82. The third kappa shape index (κ3) is 4.70. The molecule has 0 unspecified atom stereocenters. The number of pyridine rings is 1. The van der Waals surface area contributed by atoms with Crippen LogP contribution >= 0.6 is 0 Å². The van der Waals surface area contributed by atoms with Crippen LogP contribution in [-0.2, 0) is 22.9 Å². The van der Waals surface area contributed by atoms with Gasteiger partial charge in [0.15, 0.2) is 0 Å². The van der Waals surface area contributed by atoms with Crippen molar-refractivity contribution in [2.75, 3.05) is 13.2 Å². The number of alkyl halides is 3. The molecule has 1 saturated heterocycles. The van der Waals surface area contributed by atoms with Gasteiger partial charge in [-0.25, -0.2) is 0 Å². The SMILES string of the molecule is FC(F)(F)c1cncc(CNCC[C@]2(c3ccccc3)CCOC3(CCCC3)C2)c1. The maximum atomic E-state index is 12.9. The Morgan fingerprint density at radius 3 is 2.53 bits per heavy atom. The van der Waals surface area contributed by atoms with Gasteiger partial charge < -0.3 is 10.1 Å². The van der Waals surface area contributed by atoms with Gasteiger partial charge in [0, 0.05) is 31.0 Å². The largest absolute Gasteiger partial charge is 0.417 e. The highest BCUT2D eigenvalue weighted by Gasteiger charge is 2.47. The minimum Gasteiger partial charge on any atom is -0.375 e. The highest BCUT2D eigenvalue weighted by Crippen LogP contribution is 2.50. The molecule has 0 bridgehead atoms. The first-order valence-electron chi connectivity index (χ1n) is 10.8. The van der Waals surface area contributed by atoms with Crippen molar-refractivity contribution in [3.05, 3.63) is 65.5 Å². The van der Waals surface area contributed by atoms with Gasteiger partial charge in [0.2, 0.25) is 0 Å². The van der Waals surface area contributed by atoms with Crippen LogP contribution in [0.2, 0.25) is 0 Å². The molecule has 0 amide bonds. The molecule has 3 nitrogen and oxygen atoms in total. The maximum Gasteiger partial charge on any atom is 0.417 e. The Kier molecular flexibility index (Phi) is 6.16. The van der Waals surface area contributed by atoms with Gasteiger partial charge in [-0.2, -0.15) is 13.2 Å². The van der Waals surface area contributed by atoms with Crippen molar-refractivity contribution >= 4 is 0 Å². The van der Waals surface area contributed by atoms with Crippen molar-refractivity contribution in [2.45, 2.75) is 68.7 Å². The summed E-state index contributed by atoms with van der Waals surface area (Å²) in [5.74, 6) is 0. The molecule has 2 aromatic rings. The summed E-state index contributed by atoms with van der Waals surface area (Å²) < 4.78 is 45.0. The normalized spacial score (nSPS) is 23.7. The van der Waals surface area contributed by atoms with Gasteiger partial charge in [-0.1, -0.05) is 43.2 Å². The van der Waals surface area contributed by atoms with E-state index in [2.05, 4.69) is 34.6 Å². The highest BCUT2D eigenvalue weighted by atomic mass is 19.4. The first-order valence-corrected chi connectivity index (χ1v) is 10.8. The van der Waals surface area contributed by atoms with E-state index in [0.29, 0.717) is 12.1 Å². The van der Waals surface area contributed by atoms with E-state index in [4.69, 9.17) is 4.74 Å². The molecule has 162 valence electrons. The Bertz CT molecular complexity index is 834. The number of nitrogens with zero attached hydrogens (tertiary/aromatic N) is 1. The van der Waals surface area contributed by atoms with Crippen LogP contribution in [0.15, 0.2) is 48.8 Å². The summed E-state index contributed by atoms with van der Waals surface area (Å²) >= 11 is 0. The Morgan fingerprint density at radius 2 is 1.80 bits per heavy atom. The Balaban J connectivity index is 1.43. The van der Waals surface area contributed by atoms with E-state index < -0.39 is 11.7 Å². The van der Waals surface area contributed by atoms with E-state index >= 15 is 0 Å². The minimum atomic E-state index is -4.36. The Hall–Kier alpha value is -1.92. The number of hydrogen-bond donors (Lipinski definition) is 1. The van der Waals surface area contributed by atoms with Crippen LogP contribution in [0.3, 0.4) is 0 Å². The molecule has 1 aromatic carbocycles. The first-order chi connectivity index (χ1) is 14.4. The molecule has 1 spiro atoms. The topological polar surface area (TPSA) is 34.2 Å². The van der Waals surface area contributed by atoms with E-state index in [0.717, 1.165) is 51.5 Å². The minimum absolute atomic E-state index is 0.000941. The van der Waals surface area contributed by atoms with E-state index in [1.54, 1.807) is 0 Å². The molecule has 2 heterocycles. The molecule has 1 N–H and O–H groups in total. The quantitative estimate of drug-likeness (QED) is 0.617. The average Bonchev–Trinajstić information content (AvgIpc) is 3.19. The van der Waals surface area contributed by atoms with Crippen LogP contribution in [0.1, 0.15) is 61.6 Å². The summed E-state index contributed by atoms with van der Waals surface area (Å²) in [4.78, 5) is 3.75. The Labute approximate surface area is 176 Å². The summed E-state index contributed by atoms with van der Waals surface area (Å²) in [5, 5.41) is 3.35. The number of nitrogens with one attached hydrogen (secondary N) is 1. The summed E-state index contributed by atoms with van der Waals surface area (Å²) in [5.41, 5.74) is 1.25. The summed E-state index contributed by atoms with van der Waals surface area (Å²) in [7, 11) is 0. The molecular weight excluding hydrogens is 389 g/mol. The number of hydrogen-bond acceptors (Lipinski definition) is 3. The van der Waals surface area contributed by atoms with Crippen LogP contribution in [0, 0.1) is 0 Å². The lowest BCUT2D eigenvalue weighted by Crippen LogP contribution is -2.47. The predicted molar refractivity (Wildman–Crippen MR) is 110 cm³/mol. The maximum absolute atomic E-state index is 12.9. The summed E-state index contributed by atoms with van der Waals surface area (Å²) in [6.07, 6.45) is 5.66. The lowest BCUT2D eigenvalue weighted by atomic mass is 9.66. The number of aromatic nitrogens is 1. The lowest BCUT2D eigenvalue weighted by molar-refractivity contribution is -0.137. The number of halogens is 3.